The van der Waals surface area contributed by atoms with Gasteiger partial charge in [0.1, 0.15) is 0 Å². The number of hydrogen-bond acceptors (Lipinski definition) is 3. The average Bonchev–Trinajstić information content (AvgIpc) is 2.59. The number of carbonyl (C=O) groups is 3. The molecule has 0 fully saturated rings. The number of hydrogen-bond donors (Lipinski definition) is 1. The van der Waals surface area contributed by atoms with Crippen molar-refractivity contribution >= 4 is 23.3 Å². The van der Waals surface area contributed by atoms with Crippen LogP contribution in [0.1, 0.15) is 41.8 Å². The largest absolute Gasteiger partial charge is 0.338 e. The smallest absolute Gasteiger partial charge is 0.226 e. The number of anilines is 1. The van der Waals surface area contributed by atoms with Crippen molar-refractivity contribution in [2.24, 2.45) is 0 Å². The van der Waals surface area contributed by atoms with E-state index in [0.717, 1.165) is 11.1 Å². The SMILES string of the molecule is CC(=O)c1ccc(NC(=O)CCN(Cc2cccc(C)c2)C(C)=O)cc1. The van der Waals surface area contributed by atoms with Crippen molar-refractivity contribution in [3.05, 3.63) is 65.2 Å². The Morgan fingerprint density at radius 1 is 1.00 bits per heavy atom. The monoisotopic (exact) mass is 352 g/mol. The summed E-state index contributed by atoms with van der Waals surface area (Å²) in [7, 11) is 0. The van der Waals surface area contributed by atoms with Gasteiger partial charge in [0.05, 0.1) is 0 Å². The van der Waals surface area contributed by atoms with E-state index in [4.69, 9.17) is 0 Å². The van der Waals surface area contributed by atoms with Gasteiger partial charge in [-0.2, -0.15) is 0 Å². The Morgan fingerprint density at radius 2 is 1.69 bits per heavy atom. The van der Waals surface area contributed by atoms with Crippen LogP contribution in [0, 0.1) is 6.92 Å². The van der Waals surface area contributed by atoms with E-state index in [9.17, 15) is 14.4 Å². The molecule has 0 spiro atoms. The van der Waals surface area contributed by atoms with E-state index in [0.29, 0.717) is 24.3 Å². The summed E-state index contributed by atoms with van der Waals surface area (Å²) >= 11 is 0. The van der Waals surface area contributed by atoms with Gasteiger partial charge >= 0.3 is 0 Å². The van der Waals surface area contributed by atoms with Gasteiger partial charge < -0.3 is 10.2 Å². The molecule has 0 aromatic heterocycles. The van der Waals surface area contributed by atoms with Crippen LogP contribution in [0.4, 0.5) is 5.69 Å². The molecule has 0 aliphatic carbocycles. The van der Waals surface area contributed by atoms with Gasteiger partial charge in [0, 0.05) is 37.7 Å². The highest BCUT2D eigenvalue weighted by atomic mass is 16.2. The Morgan fingerprint density at radius 3 is 2.27 bits per heavy atom. The summed E-state index contributed by atoms with van der Waals surface area (Å²) in [5, 5.41) is 2.79. The molecule has 2 rings (SSSR count). The maximum atomic E-state index is 12.1. The zero-order chi connectivity index (χ0) is 19.1. The maximum absolute atomic E-state index is 12.1. The van der Waals surface area contributed by atoms with Gasteiger partial charge in [-0.3, -0.25) is 14.4 Å². The second-order valence-electron chi connectivity index (χ2n) is 6.36. The van der Waals surface area contributed by atoms with Gasteiger partial charge in [0.25, 0.3) is 0 Å². The fourth-order valence-corrected chi connectivity index (χ4v) is 2.63. The number of benzene rings is 2. The Hall–Kier alpha value is -2.95. The van der Waals surface area contributed by atoms with Gasteiger partial charge in [0.15, 0.2) is 5.78 Å². The van der Waals surface area contributed by atoms with E-state index in [1.54, 1.807) is 29.2 Å². The molecule has 0 aliphatic rings. The van der Waals surface area contributed by atoms with E-state index in [2.05, 4.69) is 5.32 Å². The van der Waals surface area contributed by atoms with Gasteiger partial charge in [-0.05, 0) is 43.7 Å². The van der Waals surface area contributed by atoms with Crippen LogP contribution < -0.4 is 5.32 Å². The number of Topliss-reactive ketones (excluding diaryl/α,β-unsaturated/α-hetero) is 1. The van der Waals surface area contributed by atoms with Gasteiger partial charge in [0.2, 0.25) is 11.8 Å². The van der Waals surface area contributed by atoms with Gasteiger partial charge in [-0.25, -0.2) is 0 Å². The van der Waals surface area contributed by atoms with Crippen LogP contribution in [-0.4, -0.2) is 29.0 Å². The van der Waals surface area contributed by atoms with Crippen molar-refractivity contribution in [2.45, 2.75) is 33.7 Å². The third-order valence-electron chi connectivity index (χ3n) is 4.09. The van der Waals surface area contributed by atoms with Crippen molar-refractivity contribution in [3.8, 4) is 0 Å². The van der Waals surface area contributed by atoms with Crippen LogP contribution in [0.25, 0.3) is 0 Å². The van der Waals surface area contributed by atoms with Crippen molar-refractivity contribution in [1.29, 1.82) is 0 Å². The van der Waals surface area contributed by atoms with Crippen LogP contribution in [0.3, 0.4) is 0 Å². The van der Waals surface area contributed by atoms with E-state index < -0.39 is 0 Å². The number of carbonyl (C=O) groups excluding carboxylic acids is 3. The van der Waals surface area contributed by atoms with E-state index in [-0.39, 0.29) is 24.0 Å². The second kappa shape index (κ2) is 8.94. The zero-order valence-corrected chi connectivity index (χ0v) is 15.4. The summed E-state index contributed by atoms with van der Waals surface area (Å²) in [4.78, 5) is 36.9. The van der Waals surface area contributed by atoms with E-state index in [1.165, 1.54) is 13.8 Å². The molecule has 26 heavy (non-hydrogen) atoms. The summed E-state index contributed by atoms with van der Waals surface area (Å²) in [5.41, 5.74) is 3.41. The van der Waals surface area contributed by atoms with Crippen molar-refractivity contribution in [1.82, 2.24) is 4.90 Å². The van der Waals surface area contributed by atoms with Crippen LogP contribution >= 0.6 is 0 Å². The minimum Gasteiger partial charge on any atom is -0.338 e. The Labute approximate surface area is 154 Å². The first kappa shape index (κ1) is 19.4. The Balaban J connectivity index is 1.90. The second-order valence-corrected chi connectivity index (χ2v) is 6.36. The third kappa shape index (κ3) is 5.84. The lowest BCUT2D eigenvalue weighted by molar-refractivity contribution is -0.129. The normalized spacial score (nSPS) is 10.3. The van der Waals surface area contributed by atoms with Crippen LogP contribution in [0.2, 0.25) is 0 Å². The molecule has 5 heteroatoms. The minimum atomic E-state index is -0.170. The summed E-state index contributed by atoms with van der Waals surface area (Å²) in [6.45, 7) is 5.84. The molecule has 0 saturated carbocycles. The number of aryl methyl sites for hydroxylation is 1. The molecule has 0 radical (unpaired) electrons. The Bertz CT molecular complexity index is 797. The highest BCUT2D eigenvalue weighted by molar-refractivity contribution is 5.95. The maximum Gasteiger partial charge on any atom is 0.226 e. The topological polar surface area (TPSA) is 66.5 Å². The molecular weight excluding hydrogens is 328 g/mol. The first-order valence-electron chi connectivity index (χ1n) is 8.57. The summed E-state index contributed by atoms with van der Waals surface area (Å²) in [5.74, 6) is -0.252. The number of amides is 2. The van der Waals surface area contributed by atoms with Gasteiger partial charge in [-0.1, -0.05) is 29.8 Å². The Kier molecular flexibility index (Phi) is 6.67. The lowest BCUT2D eigenvalue weighted by Gasteiger charge is -2.21. The average molecular weight is 352 g/mol. The lowest BCUT2D eigenvalue weighted by atomic mass is 10.1. The van der Waals surface area contributed by atoms with Crippen LogP contribution in [0.5, 0.6) is 0 Å². The van der Waals surface area contributed by atoms with Crippen molar-refractivity contribution in [3.63, 3.8) is 0 Å². The quantitative estimate of drug-likeness (QED) is 0.775. The first-order chi connectivity index (χ1) is 12.3. The molecular formula is C21H24N2O3. The predicted octanol–water partition coefficient (Wildman–Crippen LogP) is 3.57. The lowest BCUT2D eigenvalue weighted by Crippen LogP contribution is -2.31. The van der Waals surface area contributed by atoms with Crippen molar-refractivity contribution in [2.75, 3.05) is 11.9 Å². The standard InChI is InChI=1S/C21H24N2O3/c1-15-5-4-6-18(13-15)14-23(17(3)25)12-11-21(26)22-20-9-7-19(8-10-20)16(2)24/h4-10,13H,11-12,14H2,1-3H3,(H,22,26). The first-order valence-corrected chi connectivity index (χ1v) is 8.57. The number of nitrogens with zero attached hydrogens (tertiary/aromatic N) is 1. The molecule has 2 amide bonds. The van der Waals surface area contributed by atoms with Crippen LogP contribution in [-0.2, 0) is 16.1 Å². The van der Waals surface area contributed by atoms with E-state index >= 15 is 0 Å². The number of nitrogens with one attached hydrogen (secondary N) is 1. The molecule has 0 heterocycles. The number of rotatable bonds is 7. The fraction of sp³-hybridized carbons (Fsp3) is 0.286. The molecule has 2 aromatic carbocycles. The third-order valence-corrected chi connectivity index (χ3v) is 4.09. The molecule has 2 aromatic rings. The molecule has 0 atom stereocenters. The predicted molar refractivity (Wildman–Crippen MR) is 102 cm³/mol. The zero-order valence-electron chi connectivity index (χ0n) is 15.4. The van der Waals surface area contributed by atoms with Crippen LogP contribution in [0.15, 0.2) is 48.5 Å². The van der Waals surface area contributed by atoms with Crippen molar-refractivity contribution < 1.29 is 14.4 Å². The summed E-state index contributed by atoms with van der Waals surface area (Å²) in [6.07, 6.45) is 0.208. The van der Waals surface area contributed by atoms with Gasteiger partial charge in [-0.15, -0.1) is 0 Å². The molecule has 0 aliphatic heterocycles. The fourth-order valence-electron chi connectivity index (χ4n) is 2.63. The molecule has 136 valence electrons. The highest BCUT2D eigenvalue weighted by Crippen LogP contribution is 2.12. The highest BCUT2D eigenvalue weighted by Gasteiger charge is 2.12. The molecule has 0 unspecified atom stereocenters. The minimum absolute atomic E-state index is 0.0175. The molecule has 5 nitrogen and oxygen atoms in total. The summed E-state index contributed by atoms with van der Waals surface area (Å²) in [6, 6.07) is 14.7. The molecule has 0 saturated heterocycles. The molecule has 0 bridgehead atoms. The molecule has 1 N–H and O–H groups in total. The summed E-state index contributed by atoms with van der Waals surface area (Å²) < 4.78 is 0. The number of ketones is 1. The van der Waals surface area contributed by atoms with E-state index in [1.807, 2.05) is 31.2 Å².